The van der Waals surface area contributed by atoms with E-state index in [4.69, 9.17) is 4.52 Å². The summed E-state index contributed by atoms with van der Waals surface area (Å²) in [7, 11) is 0. The molecule has 2 aromatic rings. The molecule has 1 aromatic heterocycles. The Labute approximate surface area is 116 Å². The lowest BCUT2D eigenvalue weighted by atomic mass is 10.1. The van der Waals surface area contributed by atoms with E-state index >= 15 is 0 Å². The molecule has 0 radical (unpaired) electrons. The zero-order valence-electron chi connectivity index (χ0n) is 11.4. The number of hydrogen-bond donors (Lipinski definition) is 3. The Bertz CT molecular complexity index is 615. The first-order valence-electron chi connectivity index (χ1n) is 6.60. The summed E-state index contributed by atoms with van der Waals surface area (Å²) in [6.45, 7) is 4.21. The van der Waals surface area contributed by atoms with Gasteiger partial charge in [0.15, 0.2) is 0 Å². The van der Waals surface area contributed by atoms with Gasteiger partial charge < -0.3 is 20.1 Å². The van der Waals surface area contributed by atoms with E-state index < -0.39 is 0 Å². The number of nitrogens with one attached hydrogen (secondary N) is 1. The predicted molar refractivity (Wildman–Crippen MR) is 72.2 cm³/mol. The van der Waals surface area contributed by atoms with Crippen LogP contribution in [0.4, 0.5) is 0 Å². The smallest absolute Gasteiger partial charge is 0.244 e. The highest BCUT2D eigenvalue weighted by molar-refractivity contribution is 5.60. The summed E-state index contributed by atoms with van der Waals surface area (Å²) < 4.78 is 5.26. The third-order valence-corrected chi connectivity index (χ3v) is 3.60. The first-order chi connectivity index (χ1) is 9.54. The fourth-order valence-corrected chi connectivity index (χ4v) is 2.48. The van der Waals surface area contributed by atoms with Crippen molar-refractivity contribution in [3.63, 3.8) is 0 Å². The van der Waals surface area contributed by atoms with Crippen LogP contribution in [-0.4, -0.2) is 33.0 Å². The van der Waals surface area contributed by atoms with Crippen molar-refractivity contribution < 1.29 is 14.7 Å². The van der Waals surface area contributed by atoms with Gasteiger partial charge in [0.1, 0.15) is 5.75 Å². The fourth-order valence-electron chi connectivity index (χ4n) is 2.48. The van der Waals surface area contributed by atoms with Crippen molar-refractivity contribution in [1.29, 1.82) is 0 Å². The molecule has 1 aromatic carbocycles. The standard InChI is InChI=1S/C14H17N3O3/c1-7-3-9(4-8(2)12(7)19)13-16-14(20-17-13)11-5-10(18)6-15-11/h3-4,10-11,15,18-19H,5-6H2,1-2H3/t10-,11-/m1/s1. The van der Waals surface area contributed by atoms with E-state index in [1.807, 2.05) is 26.0 Å². The summed E-state index contributed by atoms with van der Waals surface area (Å²) in [5, 5.41) is 26.4. The Morgan fingerprint density at radius 1 is 1.30 bits per heavy atom. The van der Waals surface area contributed by atoms with Crippen molar-refractivity contribution in [1.82, 2.24) is 15.5 Å². The van der Waals surface area contributed by atoms with Gasteiger partial charge >= 0.3 is 0 Å². The van der Waals surface area contributed by atoms with Crippen LogP contribution in [0, 0.1) is 13.8 Å². The summed E-state index contributed by atoms with van der Waals surface area (Å²) in [5.41, 5.74) is 2.37. The second-order valence-electron chi connectivity index (χ2n) is 5.27. The van der Waals surface area contributed by atoms with E-state index in [0.717, 1.165) is 16.7 Å². The number of hydrogen-bond acceptors (Lipinski definition) is 6. The van der Waals surface area contributed by atoms with E-state index in [9.17, 15) is 10.2 Å². The number of β-amino-alcohol motifs (C(OH)–C–C–N with tert-alkyl or cyclic N) is 1. The second-order valence-corrected chi connectivity index (χ2v) is 5.27. The average molecular weight is 275 g/mol. The van der Waals surface area contributed by atoms with Gasteiger partial charge in [0.25, 0.3) is 0 Å². The van der Waals surface area contributed by atoms with Crippen LogP contribution in [0.1, 0.15) is 29.5 Å². The molecule has 106 valence electrons. The normalized spacial score (nSPS) is 22.4. The molecule has 1 aliphatic rings. The summed E-state index contributed by atoms with van der Waals surface area (Å²) in [6, 6.07) is 3.56. The third-order valence-electron chi connectivity index (χ3n) is 3.60. The van der Waals surface area contributed by atoms with Crippen LogP contribution < -0.4 is 5.32 Å². The van der Waals surface area contributed by atoms with Gasteiger partial charge in [-0.1, -0.05) is 5.16 Å². The molecule has 2 heterocycles. The highest BCUT2D eigenvalue weighted by Gasteiger charge is 2.28. The minimum Gasteiger partial charge on any atom is -0.507 e. The Balaban J connectivity index is 1.90. The van der Waals surface area contributed by atoms with Crippen molar-refractivity contribution in [3.8, 4) is 17.1 Å². The van der Waals surface area contributed by atoms with Gasteiger partial charge in [0.05, 0.1) is 12.1 Å². The average Bonchev–Trinajstić information content (AvgIpc) is 3.03. The van der Waals surface area contributed by atoms with Crippen molar-refractivity contribution >= 4 is 0 Å². The molecule has 0 aliphatic carbocycles. The van der Waals surface area contributed by atoms with Crippen LogP contribution in [0.2, 0.25) is 0 Å². The number of aromatic nitrogens is 2. The van der Waals surface area contributed by atoms with Gasteiger partial charge in [0, 0.05) is 12.1 Å². The zero-order valence-corrected chi connectivity index (χ0v) is 11.4. The van der Waals surface area contributed by atoms with Crippen molar-refractivity contribution in [2.45, 2.75) is 32.4 Å². The van der Waals surface area contributed by atoms with E-state index in [-0.39, 0.29) is 17.9 Å². The van der Waals surface area contributed by atoms with Crippen LogP contribution >= 0.6 is 0 Å². The number of rotatable bonds is 2. The Kier molecular flexibility index (Phi) is 3.19. The summed E-state index contributed by atoms with van der Waals surface area (Å²) in [4.78, 5) is 4.38. The van der Waals surface area contributed by atoms with E-state index in [1.165, 1.54) is 0 Å². The number of benzene rings is 1. The summed E-state index contributed by atoms with van der Waals surface area (Å²) in [6.07, 6.45) is 0.212. The highest BCUT2D eigenvalue weighted by atomic mass is 16.5. The number of aliphatic hydroxyl groups is 1. The molecular weight excluding hydrogens is 258 g/mol. The molecule has 0 spiro atoms. The molecule has 3 N–H and O–H groups in total. The quantitative estimate of drug-likeness (QED) is 0.768. The minimum atomic E-state index is -0.367. The molecule has 2 atom stereocenters. The Hall–Kier alpha value is -1.92. The minimum absolute atomic E-state index is 0.0921. The number of aryl methyl sites for hydroxylation is 2. The number of nitrogens with zero attached hydrogens (tertiary/aromatic N) is 2. The number of aliphatic hydroxyl groups excluding tert-OH is 1. The van der Waals surface area contributed by atoms with Gasteiger partial charge in [-0.15, -0.1) is 0 Å². The molecule has 1 fully saturated rings. The molecule has 0 bridgehead atoms. The molecule has 0 unspecified atom stereocenters. The van der Waals surface area contributed by atoms with Gasteiger partial charge in [-0.05, 0) is 43.5 Å². The Morgan fingerprint density at radius 3 is 2.60 bits per heavy atom. The third kappa shape index (κ3) is 2.28. The predicted octanol–water partition coefficient (Wildman–Crippen LogP) is 1.45. The zero-order chi connectivity index (χ0) is 14.3. The number of phenols is 1. The molecule has 0 saturated carbocycles. The van der Waals surface area contributed by atoms with Crippen molar-refractivity contribution in [2.75, 3.05) is 6.54 Å². The van der Waals surface area contributed by atoms with Crippen LogP contribution in [0.25, 0.3) is 11.4 Å². The second kappa shape index (κ2) is 4.88. The van der Waals surface area contributed by atoms with Crippen LogP contribution in [0.3, 0.4) is 0 Å². The van der Waals surface area contributed by atoms with Gasteiger partial charge in [-0.2, -0.15) is 4.98 Å². The Morgan fingerprint density at radius 2 is 2.00 bits per heavy atom. The van der Waals surface area contributed by atoms with Crippen LogP contribution in [-0.2, 0) is 0 Å². The van der Waals surface area contributed by atoms with Gasteiger partial charge in [-0.25, -0.2) is 0 Å². The molecule has 6 nitrogen and oxygen atoms in total. The SMILES string of the molecule is Cc1cc(-c2noc([C@H]3C[C@@H](O)CN3)n2)cc(C)c1O. The van der Waals surface area contributed by atoms with Crippen LogP contribution in [0.15, 0.2) is 16.7 Å². The number of phenolic OH excluding ortho intramolecular Hbond substituents is 1. The van der Waals surface area contributed by atoms with Crippen molar-refractivity contribution in [3.05, 3.63) is 29.2 Å². The lowest BCUT2D eigenvalue weighted by molar-refractivity contribution is 0.191. The van der Waals surface area contributed by atoms with Gasteiger partial charge in [0.2, 0.25) is 11.7 Å². The topological polar surface area (TPSA) is 91.4 Å². The maximum absolute atomic E-state index is 9.78. The maximum Gasteiger partial charge on any atom is 0.244 e. The van der Waals surface area contributed by atoms with E-state index in [1.54, 1.807) is 0 Å². The fraction of sp³-hybridized carbons (Fsp3) is 0.429. The van der Waals surface area contributed by atoms with E-state index in [0.29, 0.717) is 24.7 Å². The molecule has 1 saturated heterocycles. The molecular formula is C14H17N3O3. The van der Waals surface area contributed by atoms with E-state index in [2.05, 4.69) is 15.5 Å². The molecule has 20 heavy (non-hydrogen) atoms. The monoisotopic (exact) mass is 275 g/mol. The maximum atomic E-state index is 9.78. The molecule has 0 amide bonds. The van der Waals surface area contributed by atoms with Crippen LogP contribution in [0.5, 0.6) is 5.75 Å². The first kappa shape index (κ1) is 13.1. The lowest BCUT2D eigenvalue weighted by Crippen LogP contribution is -2.15. The highest BCUT2D eigenvalue weighted by Crippen LogP contribution is 2.29. The first-order valence-corrected chi connectivity index (χ1v) is 6.60. The molecule has 1 aliphatic heterocycles. The molecule has 3 rings (SSSR count). The number of aromatic hydroxyl groups is 1. The summed E-state index contributed by atoms with van der Waals surface area (Å²) >= 11 is 0. The molecule has 6 heteroatoms. The van der Waals surface area contributed by atoms with Gasteiger partial charge in [-0.3, -0.25) is 0 Å². The van der Waals surface area contributed by atoms with Crippen molar-refractivity contribution in [2.24, 2.45) is 0 Å². The lowest BCUT2D eigenvalue weighted by Gasteiger charge is -2.05. The summed E-state index contributed by atoms with van der Waals surface area (Å²) in [5.74, 6) is 1.27. The largest absolute Gasteiger partial charge is 0.507 e.